The van der Waals surface area contributed by atoms with Gasteiger partial charge in [0.1, 0.15) is 4.90 Å². The number of carboxylic acid groups (broad SMARTS) is 1. The highest BCUT2D eigenvalue weighted by Crippen LogP contribution is 2.31. The molecule has 0 saturated carbocycles. The number of hydrogen-bond donors (Lipinski definition) is 1. The minimum absolute atomic E-state index is 0.0307. The zero-order valence-electron chi connectivity index (χ0n) is 14.3. The lowest BCUT2D eigenvalue weighted by molar-refractivity contribution is 0.0696. The first kappa shape index (κ1) is 19.1. The first-order chi connectivity index (χ1) is 11.6. The molecule has 0 spiro atoms. The maximum Gasteiger partial charge on any atom is 0.335 e. The van der Waals surface area contributed by atoms with Crippen molar-refractivity contribution >= 4 is 39.0 Å². The summed E-state index contributed by atoms with van der Waals surface area (Å²) in [7, 11) is 1.13. The predicted octanol–water partition coefficient (Wildman–Crippen LogP) is 3.24. The van der Waals surface area contributed by atoms with Gasteiger partial charge in [-0.15, -0.1) is 0 Å². The second-order valence-electron chi connectivity index (χ2n) is 5.79. The van der Waals surface area contributed by atoms with Crippen molar-refractivity contribution in [3.05, 3.63) is 52.5 Å². The standard InChI is InChI=1S/C17H19ClN2O4S/c1-11-5-7-13(10-15(11)19(2)3)20(4)25(23,24)16-9-12(17(21)22)6-8-14(16)18/h5-10H,1-4H3,(H,21,22). The molecule has 0 amide bonds. The number of sulfonamides is 1. The van der Waals surface area contributed by atoms with Gasteiger partial charge >= 0.3 is 5.97 Å². The van der Waals surface area contributed by atoms with Crippen LogP contribution < -0.4 is 9.21 Å². The minimum Gasteiger partial charge on any atom is -0.478 e. The van der Waals surface area contributed by atoms with Gasteiger partial charge in [-0.05, 0) is 42.8 Å². The molecule has 0 fully saturated rings. The second kappa shape index (κ2) is 6.93. The summed E-state index contributed by atoms with van der Waals surface area (Å²) in [5.41, 5.74) is 2.19. The number of anilines is 2. The van der Waals surface area contributed by atoms with E-state index >= 15 is 0 Å². The Bertz CT molecular complexity index is 926. The van der Waals surface area contributed by atoms with Crippen LogP contribution in [0.3, 0.4) is 0 Å². The van der Waals surface area contributed by atoms with E-state index in [0.717, 1.165) is 21.6 Å². The SMILES string of the molecule is Cc1ccc(N(C)S(=O)(=O)c2cc(C(=O)O)ccc2Cl)cc1N(C)C. The molecule has 2 aromatic rings. The molecule has 2 rings (SSSR count). The normalized spacial score (nSPS) is 11.2. The molecule has 0 atom stereocenters. The molecule has 1 N–H and O–H groups in total. The number of halogens is 1. The number of benzene rings is 2. The smallest absolute Gasteiger partial charge is 0.335 e. The number of carbonyl (C=O) groups is 1. The maximum absolute atomic E-state index is 12.9. The third kappa shape index (κ3) is 3.72. The molecule has 2 aromatic carbocycles. The quantitative estimate of drug-likeness (QED) is 0.858. The number of nitrogens with zero attached hydrogens (tertiary/aromatic N) is 2. The monoisotopic (exact) mass is 382 g/mol. The fourth-order valence-corrected chi connectivity index (χ4v) is 4.08. The van der Waals surface area contributed by atoms with Gasteiger partial charge in [0.15, 0.2) is 0 Å². The highest BCUT2D eigenvalue weighted by atomic mass is 35.5. The van der Waals surface area contributed by atoms with Crippen LogP contribution in [0.5, 0.6) is 0 Å². The Morgan fingerprint density at radius 3 is 2.28 bits per heavy atom. The van der Waals surface area contributed by atoms with Crippen molar-refractivity contribution in [1.82, 2.24) is 0 Å². The average Bonchev–Trinajstić information content (AvgIpc) is 2.54. The van der Waals surface area contributed by atoms with Crippen LogP contribution in [0.25, 0.3) is 0 Å². The zero-order chi connectivity index (χ0) is 18.9. The first-order valence-corrected chi connectivity index (χ1v) is 9.17. The van der Waals surface area contributed by atoms with Crippen molar-refractivity contribution in [3.63, 3.8) is 0 Å². The summed E-state index contributed by atoms with van der Waals surface area (Å²) in [5.74, 6) is -1.22. The highest BCUT2D eigenvalue weighted by molar-refractivity contribution is 7.93. The van der Waals surface area contributed by atoms with Gasteiger partial charge in [-0.25, -0.2) is 13.2 Å². The van der Waals surface area contributed by atoms with E-state index in [1.54, 1.807) is 12.1 Å². The Kier molecular flexibility index (Phi) is 5.29. The summed E-state index contributed by atoms with van der Waals surface area (Å²) in [6.07, 6.45) is 0. The Hall–Kier alpha value is -2.25. The predicted molar refractivity (Wildman–Crippen MR) is 99.5 cm³/mol. The van der Waals surface area contributed by atoms with Gasteiger partial charge in [-0.2, -0.15) is 0 Å². The number of aromatic carboxylic acids is 1. The Morgan fingerprint density at radius 2 is 1.72 bits per heavy atom. The van der Waals surface area contributed by atoms with E-state index in [2.05, 4.69) is 0 Å². The summed E-state index contributed by atoms with van der Waals surface area (Å²) in [4.78, 5) is 12.8. The van der Waals surface area contributed by atoms with Gasteiger partial charge in [0, 0.05) is 26.8 Å². The summed E-state index contributed by atoms with van der Waals surface area (Å²) < 4.78 is 26.9. The fraction of sp³-hybridized carbons (Fsp3) is 0.235. The average molecular weight is 383 g/mol. The number of carboxylic acids is 1. The van der Waals surface area contributed by atoms with E-state index in [9.17, 15) is 13.2 Å². The van der Waals surface area contributed by atoms with E-state index in [1.807, 2.05) is 32.0 Å². The highest BCUT2D eigenvalue weighted by Gasteiger charge is 2.26. The molecule has 25 heavy (non-hydrogen) atoms. The van der Waals surface area contributed by atoms with Gasteiger partial charge in [-0.3, -0.25) is 4.31 Å². The van der Waals surface area contributed by atoms with E-state index in [4.69, 9.17) is 16.7 Å². The molecule has 0 radical (unpaired) electrons. The van der Waals surface area contributed by atoms with Crippen LogP contribution in [-0.2, 0) is 10.0 Å². The van der Waals surface area contributed by atoms with Crippen molar-refractivity contribution in [1.29, 1.82) is 0 Å². The molecule has 0 aliphatic rings. The zero-order valence-corrected chi connectivity index (χ0v) is 15.9. The lowest BCUT2D eigenvalue weighted by Crippen LogP contribution is -2.27. The Labute approximate surface area is 152 Å². The van der Waals surface area contributed by atoms with E-state index < -0.39 is 16.0 Å². The number of rotatable bonds is 5. The van der Waals surface area contributed by atoms with Gasteiger partial charge in [-0.1, -0.05) is 17.7 Å². The minimum atomic E-state index is -4.01. The van der Waals surface area contributed by atoms with Crippen LogP contribution in [0.1, 0.15) is 15.9 Å². The number of hydrogen-bond acceptors (Lipinski definition) is 4. The van der Waals surface area contributed by atoms with Gasteiger partial charge in [0.2, 0.25) is 0 Å². The van der Waals surface area contributed by atoms with Crippen molar-refractivity contribution in [3.8, 4) is 0 Å². The lowest BCUT2D eigenvalue weighted by atomic mass is 10.1. The summed E-state index contributed by atoms with van der Waals surface area (Å²) in [5, 5.41) is 9.06. The van der Waals surface area contributed by atoms with Crippen LogP contribution in [0, 0.1) is 6.92 Å². The molecule has 6 nitrogen and oxygen atoms in total. The van der Waals surface area contributed by atoms with E-state index in [0.29, 0.717) is 5.69 Å². The molecule has 0 aliphatic carbocycles. The summed E-state index contributed by atoms with van der Waals surface area (Å²) in [6, 6.07) is 8.87. The first-order valence-electron chi connectivity index (χ1n) is 7.35. The third-order valence-corrected chi connectivity index (χ3v) is 6.12. The maximum atomic E-state index is 12.9. The van der Waals surface area contributed by atoms with Crippen molar-refractivity contribution < 1.29 is 18.3 Å². The molecular formula is C17H19ClN2O4S. The lowest BCUT2D eigenvalue weighted by Gasteiger charge is -2.23. The summed E-state index contributed by atoms with van der Waals surface area (Å²) in [6.45, 7) is 1.93. The third-order valence-electron chi connectivity index (χ3n) is 3.85. The van der Waals surface area contributed by atoms with E-state index in [1.165, 1.54) is 19.2 Å². The van der Waals surface area contributed by atoms with Crippen LogP contribution in [0.4, 0.5) is 11.4 Å². The molecule has 134 valence electrons. The molecule has 0 unspecified atom stereocenters. The molecule has 0 heterocycles. The molecule has 0 bridgehead atoms. The second-order valence-corrected chi connectivity index (χ2v) is 8.13. The molecule has 8 heteroatoms. The van der Waals surface area contributed by atoms with Crippen molar-refractivity contribution in [2.24, 2.45) is 0 Å². The van der Waals surface area contributed by atoms with E-state index in [-0.39, 0.29) is 15.5 Å². The molecule has 0 aromatic heterocycles. The molecule has 0 aliphatic heterocycles. The Balaban J connectivity index is 2.55. The van der Waals surface area contributed by atoms with Crippen molar-refractivity contribution in [2.45, 2.75) is 11.8 Å². The van der Waals surface area contributed by atoms with Crippen LogP contribution in [0.15, 0.2) is 41.3 Å². The fourth-order valence-electron chi connectivity index (χ4n) is 2.40. The van der Waals surface area contributed by atoms with Crippen molar-refractivity contribution in [2.75, 3.05) is 30.3 Å². The van der Waals surface area contributed by atoms with Gasteiger partial charge < -0.3 is 10.0 Å². The number of aryl methyl sites for hydroxylation is 1. The Morgan fingerprint density at radius 1 is 1.08 bits per heavy atom. The largest absolute Gasteiger partial charge is 0.478 e. The molecular weight excluding hydrogens is 364 g/mol. The van der Waals surface area contributed by atoms with Gasteiger partial charge in [0.05, 0.1) is 16.3 Å². The van der Waals surface area contributed by atoms with Crippen LogP contribution in [0.2, 0.25) is 5.02 Å². The molecule has 0 saturated heterocycles. The topological polar surface area (TPSA) is 77.9 Å². The summed E-state index contributed by atoms with van der Waals surface area (Å²) >= 11 is 6.02. The van der Waals surface area contributed by atoms with Crippen LogP contribution in [-0.4, -0.2) is 40.6 Å². The van der Waals surface area contributed by atoms with Crippen LogP contribution >= 0.6 is 11.6 Å². The van der Waals surface area contributed by atoms with Gasteiger partial charge in [0.25, 0.3) is 10.0 Å².